The fourth-order valence-corrected chi connectivity index (χ4v) is 4.72. The molecule has 0 bridgehead atoms. The minimum Gasteiger partial charge on any atom is -0.504 e. The molecule has 0 fully saturated rings. The monoisotopic (exact) mass is 386 g/mol. The Morgan fingerprint density at radius 2 is 1.22 bits per heavy atom. The Morgan fingerprint density at radius 3 is 1.74 bits per heavy atom. The molecule has 138 valence electrons. The van der Waals surface area contributed by atoms with E-state index in [1.807, 2.05) is 0 Å². The zero-order valence-corrected chi connectivity index (χ0v) is 14.5. The second-order valence-corrected chi connectivity index (χ2v) is 7.64. The van der Waals surface area contributed by atoms with E-state index in [0.717, 1.165) is 0 Å². The van der Waals surface area contributed by atoms with Crippen LogP contribution in [0.1, 0.15) is 16.7 Å². The van der Waals surface area contributed by atoms with Crippen LogP contribution in [0.3, 0.4) is 0 Å². The van der Waals surface area contributed by atoms with Crippen molar-refractivity contribution in [2.24, 2.45) is 0 Å². The highest BCUT2D eigenvalue weighted by Gasteiger charge is 2.51. The molecule has 1 aliphatic rings. The molecular weight excluding hydrogens is 372 g/mol. The number of hydrogen-bond acceptors (Lipinski definition) is 7. The molecule has 4 rings (SSSR count). The molecule has 7 nitrogen and oxygen atoms in total. The number of benzene rings is 3. The lowest BCUT2D eigenvalue weighted by molar-refractivity contribution is 0.179. The standard InChI is InChI=1S/C19H14O7S/c20-14-7-5-11(9-16(14)22)19(12-6-8-15(21)17(23)10-12)13-3-1-2-4-18(13)27(24,25)26-19/h1-10,20-23H. The third kappa shape index (κ3) is 2.42. The normalized spacial score (nSPS) is 16.7. The second-order valence-electron chi connectivity index (χ2n) is 6.12. The van der Waals surface area contributed by atoms with Gasteiger partial charge in [-0.05, 0) is 41.5 Å². The largest absolute Gasteiger partial charge is 0.504 e. The zero-order valence-electron chi connectivity index (χ0n) is 13.7. The Hall–Kier alpha value is -3.23. The molecule has 1 aliphatic heterocycles. The lowest BCUT2D eigenvalue weighted by atomic mass is 9.80. The fraction of sp³-hybridized carbons (Fsp3) is 0.0526. The van der Waals surface area contributed by atoms with Crippen LogP contribution in [0.2, 0.25) is 0 Å². The van der Waals surface area contributed by atoms with Crippen molar-refractivity contribution < 1.29 is 33.0 Å². The van der Waals surface area contributed by atoms with E-state index in [1.165, 1.54) is 42.5 Å². The molecule has 3 aromatic carbocycles. The van der Waals surface area contributed by atoms with Gasteiger partial charge in [0.25, 0.3) is 10.1 Å². The van der Waals surface area contributed by atoms with Crippen LogP contribution in [0, 0.1) is 0 Å². The maximum Gasteiger partial charge on any atom is 0.298 e. The van der Waals surface area contributed by atoms with Gasteiger partial charge in [-0.15, -0.1) is 0 Å². The van der Waals surface area contributed by atoms with Gasteiger partial charge in [-0.1, -0.05) is 30.3 Å². The summed E-state index contributed by atoms with van der Waals surface area (Å²) in [6.07, 6.45) is 0. The first-order valence-corrected chi connectivity index (χ1v) is 9.26. The molecule has 27 heavy (non-hydrogen) atoms. The first kappa shape index (κ1) is 17.2. The van der Waals surface area contributed by atoms with E-state index in [2.05, 4.69) is 0 Å². The van der Waals surface area contributed by atoms with Crippen LogP contribution in [0.5, 0.6) is 23.0 Å². The minimum atomic E-state index is -4.14. The quantitative estimate of drug-likeness (QED) is 0.394. The SMILES string of the molecule is O=S1(=O)OC(c2ccc(O)c(O)c2)(c2ccc(O)c(O)c2)c2ccccc21. The highest BCUT2D eigenvalue weighted by atomic mass is 32.2. The van der Waals surface area contributed by atoms with Gasteiger partial charge < -0.3 is 20.4 Å². The van der Waals surface area contributed by atoms with E-state index in [-0.39, 0.29) is 33.1 Å². The average Bonchev–Trinajstić information content (AvgIpc) is 2.89. The van der Waals surface area contributed by atoms with E-state index < -0.39 is 27.2 Å². The van der Waals surface area contributed by atoms with E-state index in [9.17, 15) is 28.8 Å². The number of hydrogen-bond donors (Lipinski definition) is 4. The van der Waals surface area contributed by atoms with Crippen LogP contribution in [-0.4, -0.2) is 28.8 Å². The molecule has 0 atom stereocenters. The van der Waals surface area contributed by atoms with Gasteiger partial charge in [0.2, 0.25) is 0 Å². The predicted octanol–water partition coefficient (Wildman–Crippen LogP) is 2.52. The van der Waals surface area contributed by atoms with Crippen LogP contribution in [0.15, 0.2) is 65.6 Å². The van der Waals surface area contributed by atoms with E-state index in [1.54, 1.807) is 18.2 Å². The van der Waals surface area contributed by atoms with Gasteiger partial charge in [-0.2, -0.15) is 8.42 Å². The summed E-state index contributed by atoms with van der Waals surface area (Å²) in [6, 6.07) is 13.8. The average molecular weight is 386 g/mol. The Balaban J connectivity index is 2.12. The minimum absolute atomic E-state index is 0.0508. The van der Waals surface area contributed by atoms with Gasteiger partial charge in [0.15, 0.2) is 28.6 Å². The lowest BCUT2D eigenvalue weighted by Gasteiger charge is -2.29. The Labute approximate surface area is 154 Å². The molecule has 0 spiro atoms. The van der Waals surface area contributed by atoms with E-state index in [0.29, 0.717) is 0 Å². The lowest BCUT2D eigenvalue weighted by Crippen LogP contribution is -2.29. The van der Waals surface area contributed by atoms with Crippen LogP contribution < -0.4 is 0 Å². The smallest absolute Gasteiger partial charge is 0.298 e. The first-order chi connectivity index (χ1) is 12.8. The summed E-state index contributed by atoms with van der Waals surface area (Å²) in [5.41, 5.74) is -1.00. The van der Waals surface area contributed by atoms with Gasteiger partial charge in [-0.3, -0.25) is 0 Å². The van der Waals surface area contributed by atoms with E-state index in [4.69, 9.17) is 4.18 Å². The Morgan fingerprint density at radius 1 is 0.704 bits per heavy atom. The van der Waals surface area contributed by atoms with E-state index >= 15 is 0 Å². The summed E-state index contributed by atoms with van der Waals surface area (Å²) in [7, 11) is -4.14. The van der Waals surface area contributed by atoms with Crippen molar-refractivity contribution >= 4 is 10.1 Å². The topological polar surface area (TPSA) is 124 Å². The molecule has 1 heterocycles. The molecule has 0 unspecified atom stereocenters. The number of phenolic OH excluding ortho intramolecular Hbond substituents is 4. The summed E-state index contributed by atoms with van der Waals surface area (Å²) in [5.74, 6) is -1.67. The van der Waals surface area contributed by atoms with Gasteiger partial charge in [0.05, 0.1) is 0 Å². The van der Waals surface area contributed by atoms with Crippen LogP contribution in [-0.2, 0) is 19.9 Å². The van der Waals surface area contributed by atoms with Crippen molar-refractivity contribution in [1.82, 2.24) is 0 Å². The molecule has 3 aromatic rings. The Bertz CT molecular complexity index is 1120. The van der Waals surface area contributed by atoms with Crippen LogP contribution in [0.4, 0.5) is 0 Å². The van der Waals surface area contributed by atoms with Gasteiger partial charge in [0.1, 0.15) is 4.90 Å². The van der Waals surface area contributed by atoms with Crippen LogP contribution in [0.25, 0.3) is 0 Å². The van der Waals surface area contributed by atoms with Crippen molar-refractivity contribution in [3.8, 4) is 23.0 Å². The maximum atomic E-state index is 12.7. The van der Waals surface area contributed by atoms with Crippen molar-refractivity contribution in [2.45, 2.75) is 10.5 Å². The summed E-state index contributed by atoms with van der Waals surface area (Å²) < 4.78 is 30.9. The molecule has 0 saturated carbocycles. The summed E-state index contributed by atoms with van der Waals surface area (Å²) >= 11 is 0. The maximum absolute atomic E-state index is 12.7. The number of aromatic hydroxyl groups is 4. The molecule has 8 heteroatoms. The number of phenols is 4. The molecule has 0 aromatic heterocycles. The molecule has 0 aliphatic carbocycles. The van der Waals surface area contributed by atoms with Crippen molar-refractivity contribution in [3.05, 3.63) is 77.4 Å². The Kier molecular flexibility index (Phi) is 3.59. The van der Waals surface area contributed by atoms with Crippen molar-refractivity contribution in [3.63, 3.8) is 0 Å². The molecular formula is C19H14O7S. The third-order valence-electron chi connectivity index (χ3n) is 4.53. The highest BCUT2D eigenvalue weighted by Crippen LogP contribution is 2.52. The number of fused-ring (bicyclic) bond motifs is 1. The molecule has 0 saturated heterocycles. The predicted molar refractivity (Wildman–Crippen MR) is 94.1 cm³/mol. The third-order valence-corrected chi connectivity index (χ3v) is 5.90. The van der Waals surface area contributed by atoms with Gasteiger partial charge >= 0.3 is 0 Å². The molecule has 0 radical (unpaired) electrons. The van der Waals surface area contributed by atoms with Crippen LogP contribution >= 0.6 is 0 Å². The zero-order chi connectivity index (χ0) is 19.4. The summed E-state index contributed by atoms with van der Waals surface area (Å²) in [5, 5.41) is 39.2. The summed E-state index contributed by atoms with van der Waals surface area (Å²) in [6.45, 7) is 0. The highest BCUT2D eigenvalue weighted by molar-refractivity contribution is 7.87. The number of rotatable bonds is 2. The first-order valence-electron chi connectivity index (χ1n) is 7.86. The van der Waals surface area contributed by atoms with Gasteiger partial charge in [-0.25, -0.2) is 4.18 Å². The van der Waals surface area contributed by atoms with Crippen molar-refractivity contribution in [1.29, 1.82) is 0 Å². The van der Waals surface area contributed by atoms with Gasteiger partial charge in [0, 0.05) is 5.56 Å². The fourth-order valence-electron chi connectivity index (χ4n) is 3.29. The van der Waals surface area contributed by atoms with Crippen molar-refractivity contribution in [2.75, 3.05) is 0 Å². The molecule has 4 N–H and O–H groups in total. The molecule has 0 amide bonds. The second kappa shape index (κ2) is 5.63. The summed E-state index contributed by atoms with van der Waals surface area (Å²) in [4.78, 5) is -0.0508.